The molecule has 1 aromatic heterocycles. The van der Waals surface area contributed by atoms with Crippen molar-refractivity contribution < 1.29 is 14.7 Å². The van der Waals surface area contributed by atoms with Gasteiger partial charge in [-0.3, -0.25) is 9.59 Å². The summed E-state index contributed by atoms with van der Waals surface area (Å²) in [5, 5.41) is 17.6. The summed E-state index contributed by atoms with van der Waals surface area (Å²) in [6.45, 7) is 2.70. The summed E-state index contributed by atoms with van der Waals surface area (Å²) < 4.78 is 0. The zero-order valence-corrected chi connectivity index (χ0v) is 12.2. The standard InChI is InChI=1S/C14H14ClN3O3/c1-8-11(12(15)19)6-10(7-16)13(17-8)18-4-2-9(3-5-18)14(20)21/h6,9H,2-5H2,1H3,(H,20,21). The Balaban J connectivity index is 2.29. The van der Waals surface area contributed by atoms with Crippen LogP contribution in [0.15, 0.2) is 6.07 Å². The normalized spacial score (nSPS) is 15.6. The molecule has 1 saturated heterocycles. The van der Waals surface area contributed by atoms with E-state index in [0.717, 1.165) is 0 Å². The number of anilines is 1. The van der Waals surface area contributed by atoms with E-state index in [1.54, 1.807) is 6.92 Å². The molecule has 0 aliphatic carbocycles. The molecule has 2 rings (SSSR count). The Hall–Kier alpha value is -2.13. The maximum atomic E-state index is 11.3. The maximum Gasteiger partial charge on any atom is 0.306 e. The van der Waals surface area contributed by atoms with E-state index in [9.17, 15) is 14.9 Å². The molecule has 0 bridgehead atoms. The van der Waals surface area contributed by atoms with Crippen molar-refractivity contribution >= 4 is 28.6 Å². The van der Waals surface area contributed by atoms with Gasteiger partial charge in [0.15, 0.2) is 0 Å². The van der Waals surface area contributed by atoms with Gasteiger partial charge in [-0.15, -0.1) is 0 Å². The molecule has 0 aromatic carbocycles. The van der Waals surface area contributed by atoms with Crippen LogP contribution < -0.4 is 4.90 Å². The molecule has 21 heavy (non-hydrogen) atoms. The van der Waals surface area contributed by atoms with E-state index in [4.69, 9.17) is 16.7 Å². The number of piperidine rings is 1. The first-order valence-corrected chi connectivity index (χ1v) is 6.91. The molecule has 1 fully saturated rings. The molecule has 1 N–H and O–H groups in total. The third kappa shape index (κ3) is 3.14. The van der Waals surface area contributed by atoms with Gasteiger partial charge < -0.3 is 10.0 Å². The molecular formula is C14H14ClN3O3. The first-order chi connectivity index (χ1) is 9.93. The van der Waals surface area contributed by atoms with Crippen molar-refractivity contribution in [2.24, 2.45) is 5.92 Å². The minimum atomic E-state index is -0.789. The molecule has 7 heteroatoms. The van der Waals surface area contributed by atoms with Crippen LogP contribution in [0, 0.1) is 24.2 Å². The van der Waals surface area contributed by atoms with Crippen LogP contribution in [0.5, 0.6) is 0 Å². The van der Waals surface area contributed by atoms with E-state index in [1.165, 1.54) is 6.07 Å². The van der Waals surface area contributed by atoms with E-state index in [1.807, 2.05) is 11.0 Å². The number of hydrogen-bond acceptors (Lipinski definition) is 5. The molecule has 0 amide bonds. The topological polar surface area (TPSA) is 94.3 Å². The average Bonchev–Trinajstić information content (AvgIpc) is 2.46. The molecule has 0 radical (unpaired) electrons. The van der Waals surface area contributed by atoms with Crippen molar-refractivity contribution in [2.75, 3.05) is 18.0 Å². The summed E-state index contributed by atoms with van der Waals surface area (Å²) in [4.78, 5) is 28.4. The smallest absolute Gasteiger partial charge is 0.306 e. The van der Waals surface area contributed by atoms with Gasteiger partial charge in [-0.25, -0.2) is 4.98 Å². The average molecular weight is 308 g/mol. The summed E-state index contributed by atoms with van der Waals surface area (Å²) in [5.41, 5.74) is 0.958. The van der Waals surface area contributed by atoms with Crippen LogP contribution in [0.3, 0.4) is 0 Å². The van der Waals surface area contributed by atoms with Crippen LogP contribution in [0.1, 0.15) is 34.5 Å². The zero-order valence-electron chi connectivity index (χ0n) is 11.5. The number of nitrogens with zero attached hydrogens (tertiary/aromatic N) is 3. The molecule has 1 aliphatic heterocycles. The summed E-state index contributed by atoms with van der Waals surface area (Å²) in [6, 6.07) is 3.46. The van der Waals surface area contributed by atoms with Crippen molar-refractivity contribution in [1.82, 2.24) is 4.98 Å². The van der Waals surface area contributed by atoms with Gasteiger partial charge in [0.1, 0.15) is 11.9 Å². The lowest BCUT2D eigenvalue weighted by Crippen LogP contribution is -2.37. The molecule has 1 aromatic rings. The fourth-order valence-corrected chi connectivity index (χ4v) is 2.64. The number of hydrogen-bond donors (Lipinski definition) is 1. The quantitative estimate of drug-likeness (QED) is 0.858. The van der Waals surface area contributed by atoms with Gasteiger partial charge in [0.25, 0.3) is 5.24 Å². The van der Waals surface area contributed by atoms with E-state index < -0.39 is 11.2 Å². The number of carbonyl (C=O) groups is 2. The van der Waals surface area contributed by atoms with Gasteiger partial charge in [-0.05, 0) is 37.4 Å². The van der Waals surface area contributed by atoms with Crippen LogP contribution in [-0.2, 0) is 4.79 Å². The molecule has 110 valence electrons. The Morgan fingerprint density at radius 1 is 1.48 bits per heavy atom. The maximum absolute atomic E-state index is 11.3. The van der Waals surface area contributed by atoms with Gasteiger partial charge in [0.05, 0.1) is 22.7 Å². The Bertz CT molecular complexity index is 631. The number of carbonyl (C=O) groups excluding carboxylic acids is 1. The predicted octanol–water partition coefficient (Wildman–Crippen LogP) is 1.94. The van der Waals surface area contributed by atoms with Crippen molar-refractivity contribution in [3.05, 3.63) is 22.9 Å². The van der Waals surface area contributed by atoms with E-state index in [2.05, 4.69) is 4.98 Å². The molecule has 0 unspecified atom stereocenters. The number of halogens is 1. The number of aromatic nitrogens is 1. The number of carboxylic acids is 1. The van der Waals surface area contributed by atoms with Crippen molar-refractivity contribution in [3.63, 3.8) is 0 Å². The van der Waals surface area contributed by atoms with Gasteiger partial charge in [0.2, 0.25) is 0 Å². The Labute approximate surface area is 127 Å². The van der Waals surface area contributed by atoms with Gasteiger partial charge in [0, 0.05) is 13.1 Å². The van der Waals surface area contributed by atoms with Crippen molar-refractivity contribution in [1.29, 1.82) is 5.26 Å². The third-order valence-electron chi connectivity index (χ3n) is 3.67. The monoisotopic (exact) mass is 307 g/mol. The lowest BCUT2D eigenvalue weighted by atomic mass is 9.97. The van der Waals surface area contributed by atoms with Crippen molar-refractivity contribution in [3.8, 4) is 6.07 Å². The SMILES string of the molecule is Cc1nc(N2CCC(C(=O)O)CC2)c(C#N)cc1C(=O)Cl. The molecule has 1 aliphatic rings. The summed E-state index contributed by atoms with van der Waals surface area (Å²) >= 11 is 5.46. The zero-order chi connectivity index (χ0) is 15.6. The highest BCUT2D eigenvalue weighted by atomic mass is 35.5. The van der Waals surface area contributed by atoms with Crippen molar-refractivity contribution in [2.45, 2.75) is 19.8 Å². The second kappa shape index (κ2) is 6.10. The fourth-order valence-electron chi connectivity index (χ4n) is 2.45. The molecule has 6 nitrogen and oxygen atoms in total. The molecule has 2 heterocycles. The van der Waals surface area contributed by atoms with E-state index in [0.29, 0.717) is 37.4 Å². The number of nitriles is 1. The van der Waals surface area contributed by atoms with Crippen LogP contribution in [-0.4, -0.2) is 34.4 Å². The molecule has 0 spiro atoms. The highest BCUT2D eigenvalue weighted by Gasteiger charge is 2.27. The van der Waals surface area contributed by atoms with Gasteiger partial charge in [-0.1, -0.05) is 0 Å². The molecular weight excluding hydrogens is 294 g/mol. The second-order valence-corrected chi connectivity index (χ2v) is 5.32. The lowest BCUT2D eigenvalue weighted by molar-refractivity contribution is -0.142. The minimum absolute atomic E-state index is 0.220. The van der Waals surface area contributed by atoms with E-state index >= 15 is 0 Å². The van der Waals surface area contributed by atoms with Crippen LogP contribution in [0.2, 0.25) is 0 Å². The van der Waals surface area contributed by atoms with Gasteiger partial charge >= 0.3 is 5.97 Å². The molecule has 0 atom stereocenters. The molecule has 0 saturated carbocycles. The van der Waals surface area contributed by atoms with Crippen LogP contribution in [0.4, 0.5) is 5.82 Å². The predicted molar refractivity (Wildman–Crippen MR) is 76.4 cm³/mol. The fraction of sp³-hybridized carbons (Fsp3) is 0.429. The Morgan fingerprint density at radius 2 is 2.10 bits per heavy atom. The summed E-state index contributed by atoms with van der Waals surface area (Å²) in [7, 11) is 0. The van der Waals surface area contributed by atoms with Crippen LogP contribution in [0.25, 0.3) is 0 Å². The first kappa shape index (κ1) is 15.3. The number of aliphatic carboxylic acids is 1. The van der Waals surface area contributed by atoms with Crippen LogP contribution >= 0.6 is 11.6 Å². The third-order valence-corrected chi connectivity index (χ3v) is 3.87. The highest BCUT2D eigenvalue weighted by molar-refractivity contribution is 6.67. The second-order valence-electron chi connectivity index (χ2n) is 4.98. The summed E-state index contributed by atoms with van der Waals surface area (Å²) in [6.07, 6.45) is 1.02. The number of carboxylic acid groups (broad SMARTS) is 1. The number of pyridine rings is 1. The van der Waals surface area contributed by atoms with E-state index in [-0.39, 0.29) is 17.0 Å². The lowest BCUT2D eigenvalue weighted by Gasteiger charge is -2.31. The number of rotatable bonds is 3. The number of aryl methyl sites for hydroxylation is 1. The minimum Gasteiger partial charge on any atom is -0.481 e. The largest absolute Gasteiger partial charge is 0.481 e. The van der Waals surface area contributed by atoms with Gasteiger partial charge in [-0.2, -0.15) is 5.26 Å². The first-order valence-electron chi connectivity index (χ1n) is 6.53. The Kier molecular flexibility index (Phi) is 4.43. The highest BCUT2D eigenvalue weighted by Crippen LogP contribution is 2.26. The summed E-state index contributed by atoms with van der Waals surface area (Å²) in [5.74, 6) is -0.653. The Morgan fingerprint density at radius 3 is 2.57 bits per heavy atom.